The maximum atomic E-state index is 12.2. The Morgan fingerprint density at radius 3 is 2.29 bits per heavy atom. The molecule has 0 aromatic carbocycles. The molecule has 4 bridgehead atoms. The first-order valence-corrected chi connectivity index (χ1v) is 8.64. The van der Waals surface area contributed by atoms with Gasteiger partial charge in [0.05, 0.1) is 13.2 Å². The fraction of sp³-hybridized carbons (Fsp3) is 0.941. The summed E-state index contributed by atoms with van der Waals surface area (Å²) in [5, 5.41) is 11.7. The largest absolute Gasteiger partial charge is 0.394 e. The second-order valence-electron chi connectivity index (χ2n) is 7.63. The average molecular weight is 295 g/mol. The summed E-state index contributed by atoms with van der Waals surface area (Å²) in [4.78, 5) is 12.2. The lowest BCUT2D eigenvalue weighted by molar-refractivity contribution is -0.129. The third-order valence-electron chi connectivity index (χ3n) is 5.72. The van der Waals surface area contributed by atoms with Crippen LogP contribution in [0.1, 0.15) is 51.4 Å². The number of amides is 1. The number of aliphatic hydroxyl groups excluding tert-OH is 1. The van der Waals surface area contributed by atoms with Gasteiger partial charge in [0, 0.05) is 19.6 Å². The first-order valence-electron chi connectivity index (χ1n) is 8.64. The highest BCUT2D eigenvalue weighted by Gasteiger charge is 2.51. The van der Waals surface area contributed by atoms with E-state index in [4.69, 9.17) is 9.84 Å². The van der Waals surface area contributed by atoms with Gasteiger partial charge in [0.2, 0.25) is 5.91 Å². The highest BCUT2D eigenvalue weighted by Crippen LogP contribution is 2.61. The van der Waals surface area contributed by atoms with Crippen LogP contribution in [-0.2, 0) is 9.53 Å². The van der Waals surface area contributed by atoms with Crippen LogP contribution in [-0.4, -0.2) is 37.4 Å². The molecule has 4 rings (SSSR count). The van der Waals surface area contributed by atoms with E-state index in [9.17, 15) is 4.79 Å². The number of rotatable bonds is 8. The van der Waals surface area contributed by atoms with Gasteiger partial charge in [0.25, 0.3) is 0 Å². The van der Waals surface area contributed by atoms with Crippen LogP contribution in [0.4, 0.5) is 0 Å². The van der Waals surface area contributed by atoms with Crippen molar-refractivity contribution in [2.45, 2.75) is 51.4 Å². The molecular weight excluding hydrogens is 266 g/mol. The van der Waals surface area contributed by atoms with Crippen LogP contribution in [0, 0.1) is 23.2 Å². The van der Waals surface area contributed by atoms with Crippen LogP contribution in [0.15, 0.2) is 0 Å². The molecular formula is C17H29NO3. The summed E-state index contributed by atoms with van der Waals surface area (Å²) in [7, 11) is 0. The van der Waals surface area contributed by atoms with Crippen LogP contribution < -0.4 is 5.32 Å². The molecule has 4 aliphatic carbocycles. The Morgan fingerprint density at radius 2 is 1.71 bits per heavy atom. The summed E-state index contributed by atoms with van der Waals surface area (Å²) in [6, 6.07) is 0. The minimum Gasteiger partial charge on any atom is -0.394 e. The van der Waals surface area contributed by atoms with Gasteiger partial charge in [0.1, 0.15) is 0 Å². The van der Waals surface area contributed by atoms with Gasteiger partial charge < -0.3 is 15.2 Å². The summed E-state index contributed by atoms with van der Waals surface area (Å²) >= 11 is 0. The van der Waals surface area contributed by atoms with E-state index in [0.29, 0.717) is 25.2 Å². The van der Waals surface area contributed by atoms with Crippen LogP contribution in [0.25, 0.3) is 0 Å². The third-order valence-corrected chi connectivity index (χ3v) is 5.72. The standard InChI is InChI=1S/C17H29NO3/c19-3-5-21-4-1-2-18-16(20)12-17-9-13-6-14(10-17)8-15(7-13)11-17/h13-15,19H,1-12H2,(H,18,20). The molecule has 0 atom stereocenters. The van der Waals surface area contributed by atoms with Gasteiger partial charge in [-0.3, -0.25) is 4.79 Å². The molecule has 0 unspecified atom stereocenters. The normalized spacial score (nSPS) is 36.9. The Bertz CT molecular complexity index is 334. The predicted octanol–water partition coefficient (Wildman–Crippen LogP) is 2.11. The Kier molecular flexibility index (Phi) is 4.85. The van der Waals surface area contributed by atoms with Crippen molar-refractivity contribution < 1.29 is 14.6 Å². The van der Waals surface area contributed by atoms with Crippen molar-refractivity contribution in [3.05, 3.63) is 0 Å². The first kappa shape index (κ1) is 15.3. The number of carbonyl (C=O) groups is 1. The molecule has 0 aliphatic heterocycles. The van der Waals surface area contributed by atoms with E-state index >= 15 is 0 Å². The van der Waals surface area contributed by atoms with Crippen molar-refractivity contribution in [2.24, 2.45) is 23.2 Å². The summed E-state index contributed by atoms with van der Waals surface area (Å²) in [6.45, 7) is 1.76. The molecule has 4 heteroatoms. The maximum absolute atomic E-state index is 12.2. The van der Waals surface area contributed by atoms with Crippen LogP contribution in [0.5, 0.6) is 0 Å². The molecule has 0 radical (unpaired) electrons. The topological polar surface area (TPSA) is 58.6 Å². The second kappa shape index (κ2) is 6.66. The van der Waals surface area contributed by atoms with Gasteiger partial charge in [-0.05, 0) is 68.1 Å². The van der Waals surface area contributed by atoms with Gasteiger partial charge in [0.15, 0.2) is 0 Å². The monoisotopic (exact) mass is 295 g/mol. The van der Waals surface area contributed by atoms with E-state index in [1.807, 2.05) is 0 Å². The Hall–Kier alpha value is -0.610. The van der Waals surface area contributed by atoms with E-state index in [0.717, 1.165) is 30.6 Å². The van der Waals surface area contributed by atoms with Crippen LogP contribution in [0.3, 0.4) is 0 Å². The summed E-state index contributed by atoms with van der Waals surface area (Å²) in [5.41, 5.74) is 0.340. The van der Waals surface area contributed by atoms with Crippen molar-refractivity contribution in [2.75, 3.05) is 26.4 Å². The highest BCUT2D eigenvalue weighted by atomic mass is 16.5. The van der Waals surface area contributed by atoms with Gasteiger partial charge in [-0.25, -0.2) is 0 Å². The van der Waals surface area contributed by atoms with Crippen molar-refractivity contribution >= 4 is 5.91 Å². The average Bonchev–Trinajstić information content (AvgIpc) is 2.40. The molecule has 120 valence electrons. The Labute approximate surface area is 127 Å². The molecule has 21 heavy (non-hydrogen) atoms. The number of hydrogen-bond acceptors (Lipinski definition) is 3. The lowest BCUT2D eigenvalue weighted by Crippen LogP contribution is -2.48. The maximum Gasteiger partial charge on any atom is 0.220 e. The summed E-state index contributed by atoms with van der Waals surface area (Å²) in [5.74, 6) is 2.97. The molecule has 4 fully saturated rings. The Balaban J connectivity index is 1.39. The highest BCUT2D eigenvalue weighted by molar-refractivity contribution is 5.76. The zero-order chi connectivity index (χ0) is 14.7. The first-order chi connectivity index (χ1) is 10.2. The molecule has 0 saturated heterocycles. The van der Waals surface area contributed by atoms with Crippen molar-refractivity contribution in [1.29, 1.82) is 0 Å². The van der Waals surface area contributed by atoms with Crippen molar-refractivity contribution in [1.82, 2.24) is 5.32 Å². The second-order valence-corrected chi connectivity index (χ2v) is 7.63. The molecule has 0 spiro atoms. The van der Waals surface area contributed by atoms with Crippen molar-refractivity contribution in [3.63, 3.8) is 0 Å². The number of carbonyl (C=O) groups excluding carboxylic acids is 1. The fourth-order valence-corrected chi connectivity index (χ4v) is 5.48. The molecule has 2 N–H and O–H groups in total. The van der Waals surface area contributed by atoms with E-state index in [2.05, 4.69) is 5.32 Å². The van der Waals surface area contributed by atoms with E-state index < -0.39 is 0 Å². The third kappa shape index (κ3) is 3.78. The number of ether oxygens (including phenoxy) is 1. The fourth-order valence-electron chi connectivity index (χ4n) is 5.48. The van der Waals surface area contributed by atoms with Crippen molar-refractivity contribution in [3.8, 4) is 0 Å². The molecule has 4 aliphatic rings. The zero-order valence-electron chi connectivity index (χ0n) is 13.0. The van der Waals surface area contributed by atoms with E-state index in [-0.39, 0.29) is 12.5 Å². The number of hydrogen-bond donors (Lipinski definition) is 2. The van der Waals surface area contributed by atoms with Crippen LogP contribution in [0.2, 0.25) is 0 Å². The molecule has 1 amide bonds. The molecule has 0 heterocycles. The zero-order valence-corrected chi connectivity index (χ0v) is 13.0. The molecule has 0 aromatic heterocycles. The minimum absolute atomic E-state index is 0.0678. The molecule has 4 saturated carbocycles. The quantitative estimate of drug-likeness (QED) is 0.674. The van der Waals surface area contributed by atoms with Gasteiger partial charge in [-0.1, -0.05) is 0 Å². The number of nitrogens with one attached hydrogen (secondary N) is 1. The predicted molar refractivity (Wildman–Crippen MR) is 80.8 cm³/mol. The van der Waals surface area contributed by atoms with Gasteiger partial charge in [-0.15, -0.1) is 0 Å². The Morgan fingerprint density at radius 1 is 1.10 bits per heavy atom. The lowest BCUT2D eigenvalue weighted by atomic mass is 9.49. The molecule has 4 nitrogen and oxygen atoms in total. The minimum atomic E-state index is 0.0678. The van der Waals surface area contributed by atoms with E-state index in [1.54, 1.807) is 0 Å². The summed E-state index contributed by atoms with van der Waals surface area (Å²) < 4.78 is 5.20. The van der Waals surface area contributed by atoms with E-state index in [1.165, 1.54) is 38.5 Å². The summed E-state index contributed by atoms with van der Waals surface area (Å²) in [6.07, 6.45) is 9.76. The van der Waals surface area contributed by atoms with Gasteiger partial charge >= 0.3 is 0 Å². The SMILES string of the molecule is O=C(CC12CC3CC(CC(C3)C1)C2)NCCCOCCO. The van der Waals surface area contributed by atoms with Crippen LogP contribution >= 0.6 is 0 Å². The van der Waals surface area contributed by atoms with Gasteiger partial charge in [-0.2, -0.15) is 0 Å². The smallest absolute Gasteiger partial charge is 0.220 e. The molecule has 0 aromatic rings. The lowest BCUT2D eigenvalue weighted by Gasteiger charge is -2.56. The number of aliphatic hydroxyl groups is 1.